The number of likely N-dealkylation sites (tertiary alicyclic amines) is 1. The highest BCUT2D eigenvalue weighted by Gasteiger charge is 2.30. The van der Waals surface area contributed by atoms with Crippen LogP contribution in [0.25, 0.3) is 0 Å². The number of aldehydes is 1. The number of rotatable bonds is 2. The molecule has 1 aromatic carbocycles. The van der Waals surface area contributed by atoms with Crippen molar-refractivity contribution in [3.63, 3.8) is 0 Å². The molecule has 168 valence electrons. The lowest BCUT2D eigenvalue weighted by Crippen LogP contribution is -2.32. The molecule has 5 nitrogen and oxygen atoms in total. The molecular formula is C21H35F3N2O3. The van der Waals surface area contributed by atoms with Crippen molar-refractivity contribution in [3.8, 4) is 0 Å². The van der Waals surface area contributed by atoms with Gasteiger partial charge in [0.1, 0.15) is 12.3 Å². The van der Waals surface area contributed by atoms with E-state index in [0.29, 0.717) is 6.42 Å². The maximum absolute atomic E-state index is 11.9. The van der Waals surface area contributed by atoms with Gasteiger partial charge >= 0.3 is 12.1 Å². The average molecular weight is 421 g/mol. The average Bonchev–Trinajstić information content (AvgIpc) is 3.02. The van der Waals surface area contributed by atoms with Crippen molar-refractivity contribution in [2.24, 2.45) is 5.41 Å². The summed E-state index contributed by atoms with van der Waals surface area (Å²) in [7, 11) is 1.85. The SMILES string of the molecule is CC.CC(C)(C)CC=O.CN1CCCC1C(=O)O.Nc1cccc(C(F)(F)F)c1. The van der Waals surface area contributed by atoms with E-state index >= 15 is 0 Å². The summed E-state index contributed by atoms with van der Waals surface area (Å²) >= 11 is 0. The maximum atomic E-state index is 11.9. The maximum Gasteiger partial charge on any atom is 0.416 e. The lowest BCUT2D eigenvalue weighted by Gasteiger charge is -2.13. The van der Waals surface area contributed by atoms with Gasteiger partial charge in [-0.15, -0.1) is 0 Å². The van der Waals surface area contributed by atoms with E-state index in [2.05, 4.69) is 0 Å². The van der Waals surface area contributed by atoms with Gasteiger partial charge in [-0.25, -0.2) is 0 Å². The Morgan fingerprint density at radius 3 is 2.03 bits per heavy atom. The number of carbonyl (C=O) groups is 2. The van der Waals surface area contributed by atoms with Crippen LogP contribution in [0.15, 0.2) is 24.3 Å². The number of carboxylic acid groups (broad SMARTS) is 1. The number of anilines is 1. The van der Waals surface area contributed by atoms with E-state index in [9.17, 15) is 22.8 Å². The lowest BCUT2D eigenvalue weighted by atomic mass is 9.93. The molecule has 1 heterocycles. The van der Waals surface area contributed by atoms with E-state index in [1.165, 1.54) is 12.1 Å². The van der Waals surface area contributed by atoms with Crippen LogP contribution < -0.4 is 5.73 Å². The number of carbonyl (C=O) groups excluding carboxylic acids is 1. The summed E-state index contributed by atoms with van der Waals surface area (Å²) in [6.07, 6.45) is -0.846. The Balaban J connectivity index is 0. The van der Waals surface area contributed by atoms with Crippen molar-refractivity contribution in [2.75, 3.05) is 19.3 Å². The van der Waals surface area contributed by atoms with Crippen molar-refractivity contribution in [2.45, 2.75) is 66.1 Å². The second-order valence-electron chi connectivity index (χ2n) is 7.53. The number of carboxylic acids is 1. The molecule has 1 aromatic rings. The van der Waals surface area contributed by atoms with Gasteiger partial charge in [-0.2, -0.15) is 13.2 Å². The minimum atomic E-state index is -4.30. The Labute approximate surface area is 172 Å². The van der Waals surface area contributed by atoms with Crippen LogP contribution in [-0.2, 0) is 15.8 Å². The van der Waals surface area contributed by atoms with Crippen molar-refractivity contribution in [1.82, 2.24) is 4.90 Å². The highest BCUT2D eigenvalue weighted by molar-refractivity contribution is 5.73. The minimum Gasteiger partial charge on any atom is -0.480 e. The number of aliphatic carboxylic acids is 1. The molecule has 8 heteroatoms. The normalized spacial score (nSPS) is 16.2. The van der Waals surface area contributed by atoms with Gasteiger partial charge in [0.15, 0.2) is 0 Å². The van der Waals surface area contributed by atoms with E-state index in [-0.39, 0.29) is 17.1 Å². The van der Waals surface area contributed by atoms with Gasteiger partial charge in [0.05, 0.1) is 5.56 Å². The fourth-order valence-electron chi connectivity index (χ4n) is 2.19. The summed E-state index contributed by atoms with van der Waals surface area (Å²) in [5, 5.41) is 8.54. The molecule has 0 spiro atoms. The highest BCUT2D eigenvalue weighted by atomic mass is 19.4. The van der Waals surface area contributed by atoms with Gasteiger partial charge in [-0.1, -0.05) is 40.7 Å². The predicted molar refractivity (Wildman–Crippen MR) is 111 cm³/mol. The molecule has 29 heavy (non-hydrogen) atoms. The third-order valence-electron chi connectivity index (χ3n) is 3.72. The first kappa shape index (κ1) is 29.1. The number of alkyl halides is 3. The number of nitrogens with two attached hydrogens (primary N) is 1. The van der Waals surface area contributed by atoms with Crippen LogP contribution in [0.1, 0.15) is 59.4 Å². The molecule has 1 fully saturated rings. The van der Waals surface area contributed by atoms with Gasteiger partial charge < -0.3 is 15.6 Å². The quantitative estimate of drug-likeness (QED) is 0.514. The molecule has 1 unspecified atom stereocenters. The second kappa shape index (κ2) is 14.0. The molecule has 1 aliphatic rings. The Hall–Kier alpha value is -2.09. The number of likely N-dealkylation sites (N-methyl/N-ethyl adjacent to an activating group) is 1. The number of nitrogens with zero attached hydrogens (tertiary/aromatic N) is 1. The summed E-state index contributed by atoms with van der Waals surface area (Å²) in [6, 6.07) is 4.36. The van der Waals surface area contributed by atoms with E-state index in [1.54, 1.807) is 0 Å². The fourth-order valence-corrected chi connectivity index (χ4v) is 2.19. The van der Waals surface area contributed by atoms with Crippen LogP contribution in [-0.4, -0.2) is 41.9 Å². The number of hydrogen-bond acceptors (Lipinski definition) is 4. The fraction of sp³-hybridized carbons (Fsp3) is 0.619. The van der Waals surface area contributed by atoms with Gasteiger partial charge in [0, 0.05) is 12.1 Å². The van der Waals surface area contributed by atoms with Crippen molar-refractivity contribution >= 4 is 17.9 Å². The van der Waals surface area contributed by atoms with Crippen LogP contribution in [0.3, 0.4) is 0 Å². The molecule has 1 aliphatic heterocycles. The Kier molecular flexibility index (Phi) is 14.0. The van der Waals surface area contributed by atoms with Gasteiger partial charge in [-0.3, -0.25) is 9.69 Å². The summed E-state index contributed by atoms with van der Waals surface area (Å²) in [4.78, 5) is 22.1. The lowest BCUT2D eigenvalue weighted by molar-refractivity contribution is -0.141. The van der Waals surface area contributed by atoms with Crippen LogP contribution in [0.4, 0.5) is 18.9 Å². The highest BCUT2D eigenvalue weighted by Crippen LogP contribution is 2.29. The molecule has 0 bridgehead atoms. The van der Waals surface area contributed by atoms with E-state index in [0.717, 1.165) is 37.8 Å². The van der Waals surface area contributed by atoms with E-state index < -0.39 is 17.7 Å². The molecule has 3 N–H and O–H groups in total. The number of benzene rings is 1. The zero-order valence-corrected chi connectivity index (χ0v) is 18.2. The first-order valence-corrected chi connectivity index (χ1v) is 9.57. The Morgan fingerprint density at radius 1 is 1.28 bits per heavy atom. The molecule has 1 atom stereocenters. The monoisotopic (exact) mass is 420 g/mol. The summed E-state index contributed by atoms with van der Waals surface area (Å²) in [6.45, 7) is 11.1. The van der Waals surface area contributed by atoms with Gasteiger partial charge in [0.2, 0.25) is 0 Å². The molecule has 0 amide bonds. The molecule has 0 aromatic heterocycles. The van der Waals surface area contributed by atoms with Crippen LogP contribution in [0.5, 0.6) is 0 Å². The minimum absolute atomic E-state index is 0.125. The summed E-state index contributed by atoms with van der Waals surface area (Å²) < 4.78 is 35.7. The number of halogens is 3. The predicted octanol–water partition coefficient (Wildman–Crippen LogP) is 5.10. The van der Waals surface area contributed by atoms with E-state index in [1.807, 2.05) is 46.6 Å². The molecule has 0 saturated carbocycles. The van der Waals surface area contributed by atoms with Crippen LogP contribution >= 0.6 is 0 Å². The van der Waals surface area contributed by atoms with Crippen LogP contribution in [0.2, 0.25) is 0 Å². The largest absolute Gasteiger partial charge is 0.480 e. The molecule has 0 radical (unpaired) electrons. The van der Waals surface area contributed by atoms with Gasteiger partial charge in [-0.05, 0) is 50.0 Å². The molecule has 2 rings (SSSR count). The molecule has 0 aliphatic carbocycles. The first-order chi connectivity index (χ1) is 13.3. The summed E-state index contributed by atoms with van der Waals surface area (Å²) in [5.41, 5.74) is 4.75. The van der Waals surface area contributed by atoms with Crippen molar-refractivity contribution < 1.29 is 27.9 Å². The van der Waals surface area contributed by atoms with Crippen LogP contribution in [0, 0.1) is 5.41 Å². The topological polar surface area (TPSA) is 83.6 Å². The Bertz CT molecular complexity index is 600. The number of nitrogen functional groups attached to an aromatic ring is 1. The first-order valence-electron chi connectivity index (χ1n) is 9.57. The second-order valence-corrected chi connectivity index (χ2v) is 7.53. The standard InChI is InChI=1S/C7H6F3N.C6H11NO2.C6H12O.C2H6/c8-7(9,10)5-2-1-3-6(11)4-5;1-7-4-2-3-5(7)6(8)9;1-6(2,3)4-5-7;1-2/h1-4H,11H2;5H,2-4H2,1H3,(H,8,9);5H,4H2,1-3H3;1-2H3. The zero-order chi connectivity index (χ0) is 23.3. The Morgan fingerprint density at radius 2 is 1.83 bits per heavy atom. The molecule has 1 saturated heterocycles. The molecular weight excluding hydrogens is 385 g/mol. The number of hydrogen-bond donors (Lipinski definition) is 2. The van der Waals surface area contributed by atoms with Gasteiger partial charge in [0.25, 0.3) is 0 Å². The third kappa shape index (κ3) is 14.5. The van der Waals surface area contributed by atoms with E-state index in [4.69, 9.17) is 10.8 Å². The zero-order valence-electron chi connectivity index (χ0n) is 18.2. The third-order valence-corrected chi connectivity index (χ3v) is 3.72. The smallest absolute Gasteiger partial charge is 0.416 e. The summed E-state index contributed by atoms with van der Waals surface area (Å²) in [5.74, 6) is -0.685. The van der Waals surface area contributed by atoms with Crippen molar-refractivity contribution in [1.29, 1.82) is 0 Å². The van der Waals surface area contributed by atoms with Crippen molar-refractivity contribution in [3.05, 3.63) is 29.8 Å².